The van der Waals surface area contributed by atoms with Gasteiger partial charge in [-0.15, -0.1) is 0 Å². The van der Waals surface area contributed by atoms with E-state index in [0.29, 0.717) is 0 Å². The molecule has 0 aliphatic rings. The molecule has 0 unspecified atom stereocenters. The molecule has 0 aromatic rings. The van der Waals surface area contributed by atoms with Crippen LogP contribution in [0, 0.1) is 0 Å². The lowest BCUT2D eigenvalue weighted by Crippen LogP contribution is -1.91. The Morgan fingerprint density at radius 3 is 2.14 bits per heavy atom. The van der Waals surface area contributed by atoms with Crippen molar-refractivity contribution in [2.45, 2.75) is 6.92 Å². The van der Waals surface area contributed by atoms with Gasteiger partial charge in [0.05, 0.1) is 0 Å². The van der Waals surface area contributed by atoms with Crippen LogP contribution in [0.25, 0.3) is 0 Å². The molecule has 0 aromatic heterocycles. The molecule has 3 heteroatoms. The Hall–Kier alpha value is -0.440. The van der Waals surface area contributed by atoms with Crippen LogP contribution in [0.2, 0.25) is 0 Å². The van der Waals surface area contributed by atoms with Gasteiger partial charge in [0.2, 0.25) is 0 Å². The van der Waals surface area contributed by atoms with Gasteiger partial charge in [-0.2, -0.15) is 12.6 Å². The maximum Gasteiger partial charge on any atom is 0.382 e. The summed E-state index contributed by atoms with van der Waals surface area (Å²) in [5, 5.41) is 10.9. The van der Waals surface area contributed by atoms with Crippen LogP contribution in [0.3, 0.4) is 0 Å². The van der Waals surface area contributed by atoms with Crippen LogP contribution in [-0.2, 0) is 9.90 Å². The molecular formula is C4H5O2S. The standard InChI is InChI=1S/C4H5O2S/c1-3(2-7)4(5)6/h2,7H,1H3. The number of carbonyl (C=O) groups is 1. The molecule has 0 atom stereocenters. The largest absolute Gasteiger partial charge is 0.382 e. The van der Waals surface area contributed by atoms with Crippen LogP contribution < -0.4 is 0 Å². The Morgan fingerprint density at radius 2 is 2.14 bits per heavy atom. The molecule has 39 valence electrons. The Kier molecular flexibility index (Phi) is 2.52. The summed E-state index contributed by atoms with van der Waals surface area (Å²) in [5.41, 5.74) is 0.142. The Morgan fingerprint density at radius 1 is 1.71 bits per heavy atom. The van der Waals surface area contributed by atoms with Gasteiger partial charge < -0.3 is 0 Å². The normalized spacial score (nSPS) is 11.4. The zero-order chi connectivity index (χ0) is 5.86. The average Bonchev–Trinajstić information content (AvgIpc) is 1.65. The third kappa shape index (κ3) is 2.28. The SMILES string of the molecule is CC(=CS)C([O])=O. The molecule has 0 fully saturated rings. The van der Waals surface area contributed by atoms with E-state index < -0.39 is 5.97 Å². The molecule has 0 N–H and O–H groups in total. The second kappa shape index (κ2) is 2.69. The maximum atomic E-state index is 9.70. The van der Waals surface area contributed by atoms with Gasteiger partial charge in [0.15, 0.2) is 0 Å². The van der Waals surface area contributed by atoms with Crippen molar-refractivity contribution in [3.63, 3.8) is 0 Å². The van der Waals surface area contributed by atoms with Gasteiger partial charge in [0.1, 0.15) is 0 Å². The Labute approximate surface area is 47.3 Å². The summed E-state index contributed by atoms with van der Waals surface area (Å²) < 4.78 is 0. The van der Waals surface area contributed by atoms with Gasteiger partial charge in [-0.3, -0.25) is 0 Å². The predicted octanol–water partition coefficient (Wildman–Crippen LogP) is 0.777. The van der Waals surface area contributed by atoms with Gasteiger partial charge in [-0.05, 0) is 12.3 Å². The summed E-state index contributed by atoms with van der Waals surface area (Å²) in [7, 11) is 0. The fourth-order valence-corrected chi connectivity index (χ4v) is 0.158. The average molecular weight is 117 g/mol. The highest BCUT2D eigenvalue weighted by molar-refractivity contribution is 7.83. The summed E-state index contributed by atoms with van der Waals surface area (Å²) in [4.78, 5) is 9.70. The monoisotopic (exact) mass is 117 g/mol. The number of thiol groups is 1. The quantitative estimate of drug-likeness (QED) is 0.400. The van der Waals surface area contributed by atoms with E-state index >= 15 is 0 Å². The Balaban J connectivity index is 3.82. The van der Waals surface area contributed by atoms with E-state index in [1.807, 2.05) is 0 Å². The zero-order valence-corrected chi connectivity index (χ0v) is 4.74. The molecule has 0 heterocycles. The van der Waals surface area contributed by atoms with E-state index in [0.717, 1.165) is 0 Å². The van der Waals surface area contributed by atoms with Crippen LogP contribution in [-0.4, -0.2) is 5.97 Å². The molecule has 0 saturated carbocycles. The van der Waals surface area contributed by atoms with Crippen molar-refractivity contribution in [1.82, 2.24) is 0 Å². The van der Waals surface area contributed by atoms with E-state index in [-0.39, 0.29) is 5.57 Å². The summed E-state index contributed by atoms with van der Waals surface area (Å²) in [6.45, 7) is 1.42. The minimum atomic E-state index is -1.17. The van der Waals surface area contributed by atoms with Crippen molar-refractivity contribution in [1.29, 1.82) is 0 Å². The molecule has 0 saturated heterocycles. The zero-order valence-electron chi connectivity index (χ0n) is 3.84. The smallest absolute Gasteiger partial charge is 0.242 e. The highest BCUT2D eigenvalue weighted by Gasteiger charge is 1.97. The summed E-state index contributed by atoms with van der Waals surface area (Å²) in [6, 6.07) is 0. The lowest BCUT2D eigenvalue weighted by molar-refractivity contribution is -0.138. The van der Waals surface area contributed by atoms with Gasteiger partial charge in [0.25, 0.3) is 0 Å². The van der Waals surface area contributed by atoms with Crippen molar-refractivity contribution in [2.75, 3.05) is 0 Å². The molecule has 2 nitrogen and oxygen atoms in total. The topological polar surface area (TPSA) is 37.0 Å². The first-order valence-electron chi connectivity index (χ1n) is 1.71. The van der Waals surface area contributed by atoms with Crippen molar-refractivity contribution in [3.05, 3.63) is 11.0 Å². The van der Waals surface area contributed by atoms with Gasteiger partial charge in [-0.25, -0.2) is 9.90 Å². The van der Waals surface area contributed by atoms with Crippen LogP contribution in [0.5, 0.6) is 0 Å². The van der Waals surface area contributed by atoms with Gasteiger partial charge in [-0.1, -0.05) is 0 Å². The number of hydrogen-bond donors (Lipinski definition) is 1. The summed E-state index contributed by atoms with van der Waals surface area (Å²) in [6.07, 6.45) is 0. The molecule has 0 amide bonds. The van der Waals surface area contributed by atoms with Crippen LogP contribution >= 0.6 is 12.6 Å². The predicted molar refractivity (Wildman–Crippen MR) is 28.4 cm³/mol. The van der Waals surface area contributed by atoms with Crippen molar-refractivity contribution in [2.24, 2.45) is 0 Å². The molecule has 0 spiro atoms. The maximum absolute atomic E-state index is 9.70. The lowest BCUT2D eigenvalue weighted by atomic mass is 10.4. The van der Waals surface area contributed by atoms with Crippen molar-refractivity contribution in [3.8, 4) is 0 Å². The minimum absolute atomic E-state index is 0.142. The van der Waals surface area contributed by atoms with E-state index in [9.17, 15) is 9.90 Å². The first-order valence-corrected chi connectivity index (χ1v) is 2.22. The second-order valence-electron chi connectivity index (χ2n) is 1.10. The van der Waals surface area contributed by atoms with Gasteiger partial charge >= 0.3 is 5.97 Å². The van der Waals surface area contributed by atoms with Crippen LogP contribution in [0.15, 0.2) is 11.0 Å². The first kappa shape index (κ1) is 6.56. The number of hydrogen-bond acceptors (Lipinski definition) is 2. The molecule has 0 rings (SSSR count). The third-order valence-electron chi connectivity index (χ3n) is 0.516. The highest BCUT2D eigenvalue weighted by atomic mass is 32.1. The molecule has 0 aliphatic carbocycles. The summed E-state index contributed by atoms with van der Waals surface area (Å²) in [5.74, 6) is -1.17. The summed E-state index contributed by atoms with van der Waals surface area (Å²) >= 11 is 3.57. The van der Waals surface area contributed by atoms with E-state index in [4.69, 9.17) is 0 Å². The fourth-order valence-electron chi connectivity index (χ4n) is 0.0527. The first-order chi connectivity index (χ1) is 3.18. The Bertz CT molecular complexity index is 106. The number of rotatable bonds is 1. The third-order valence-corrected chi connectivity index (χ3v) is 0.903. The fraction of sp³-hybridized carbons (Fsp3) is 0.250. The van der Waals surface area contributed by atoms with Crippen molar-refractivity contribution >= 4 is 18.6 Å². The van der Waals surface area contributed by atoms with Crippen molar-refractivity contribution < 1.29 is 9.90 Å². The van der Waals surface area contributed by atoms with E-state index in [1.54, 1.807) is 0 Å². The lowest BCUT2D eigenvalue weighted by Gasteiger charge is -1.79. The molecule has 1 radical (unpaired) electrons. The van der Waals surface area contributed by atoms with Crippen LogP contribution in [0.4, 0.5) is 0 Å². The van der Waals surface area contributed by atoms with Crippen LogP contribution in [0.1, 0.15) is 6.92 Å². The molecule has 7 heavy (non-hydrogen) atoms. The van der Waals surface area contributed by atoms with E-state index in [1.165, 1.54) is 12.3 Å². The molecule has 0 aliphatic heterocycles. The molecule has 0 aromatic carbocycles. The second-order valence-corrected chi connectivity index (χ2v) is 1.36. The highest BCUT2D eigenvalue weighted by Crippen LogP contribution is 1.92. The molecular weight excluding hydrogens is 112 g/mol. The molecule has 0 bridgehead atoms. The number of carbonyl (C=O) groups excluding carboxylic acids is 1. The van der Waals surface area contributed by atoms with Gasteiger partial charge in [0, 0.05) is 5.57 Å². The minimum Gasteiger partial charge on any atom is -0.242 e. The van der Waals surface area contributed by atoms with E-state index in [2.05, 4.69) is 12.6 Å².